The summed E-state index contributed by atoms with van der Waals surface area (Å²) in [6.07, 6.45) is 1.41. The number of fused-ring (bicyclic) bond motifs is 1. The Bertz CT molecular complexity index is 1090. The highest BCUT2D eigenvalue weighted by Crippen LogP contribution is 2.28. The molecule has 30 heavy (non-hydrogen) atoms. The van der Waals surface area contributed by atoms with E-state index in [-0.39, 0.29) is 18.4 Å². The van der Waals surface area contributed by atoms with Crippen LogP contribution in [0.5, 0.6) is 11.5 Å². The van der Waals surface area contributed by atoms with Gasteiger partial charge in [0.1, 0.15) is 6.33 Å². The van der Waals surface area contributed by atoms with Crippen molar-refractivity contribution >= 4 is 17.6 Å². The molecule has 0 aliphatic heterocycles. The third-order valence-electron chi connectivity index (χ3n) is 4.43. The second-order valence-corrected chi connectivity index (χ2v) is 6.94. The lowest BCUT2D eigenvalue weighted by atomic mass is 10.1. The molecule has 2 N–H and O–H groups in total. The number of carbonyl (C=O) groups excluding carboxylic acids is 2. The summed E-state index contributed by atoms with van der Waals surface area (Å²) in [5.74, 6) is 0.580. The van der Waals surface area contributed by atoms with Gasteiger partial charge in [-0.25, -0.2) is 9.50 Å². The van der Waals surface area contributed by atoms with Crippen molar-refractivity contribution in [2.45, 2.75) is 40.2 Å². The number of methoxy groups -OCH3 is 1. The van der Waals surface area contributed by atoms with E-state index in [0.29, 0.717) is 28.5 Å². The topological polar surface area (TPSA) is 120 Å². The second kappa shape index (κ2) is 8.76. The molecule has 10 heteroatoms. The van der Waals surface area contributed by atoms with E-state index in [9.17, 15) is 9.59 Å². The fraction of sp³-hybridized carbons (Fsp3) is 0.350. The van der Waals surface area contributed by atoms with Crippen molar-refractivity contribution in [2.24, 2.45) is 0 Å². The summed E-state index contributed by atoms with van der Waals surface area (Å²) < 4.78 is 12.5. The van der Waals surface area contributed by atoms with Crippen molar-refractivity contribution in [2.75, 3.05) is 7.11 Å². The molecule has 3 rings (SSSR count). The smallest absolute Gasteiger partial charge is 0.269 e. The molecule has 0 fully saturated rings. The quantitative estimate of drug-likeness (QED) is 0.589. The van der Waals surface area contributed by atoms with Gasteiger partial charge in [0.15, 0.2) is 11.5 Å². The van der Waals surface area contributed by atoms with Gasteiger partial charge in [-0.1, -0.05) is 0 Å². The average Bonchev–Trinajstić information content (AvgIpc) is 3.17. The molecule has 1 aromatic carbocycles. The average molecular weight is 412 g/mol. The van der Waals surface area contributed by atoms with Gasteiger partial charge >= 0.3 is 0 Å². The molecule has 0 aliphatic carbocycles. The van der Waals surface area contributed by atoms with Gasteiger partial charge in [-0.05, 0) is 45.9 Å². The fourth-order valence-corrected chi connectivity index (χ4v) is 2.97. The summed E-state index contributed by atoms with van der Waals surface area (Å²) in [6, 6.07) is 4.80. The fourth-order valence-electron chi connectivity index (χ4n) is 2.97. The zero-order valence-corrected chi connectivity index (χ0v) is 17.5. The molecule has 0 radical (unpaired) electrons. The van der Waals surface area contributed by atoms with Crippen LogP contribution in [0.1, 0.15) is 41.2 Å². The van der Waals surface area contributed by atoms with Crippen molar-refractivity contribution in [3.8, 4) is 11.5 Å². The van der Waals surface area contributed by atoms with Crippen molar-refractivity contribution in [1.82, 2.24) is 30.4 Å². The number of aromatic nitrogens is 4. The van der Waals surface area contributed by atoms with E-state index in [0.717, 1.165) is 11.3 Å². The van der Waals surface area contributed by atoms with E-state index >= 15 is 0 Å². The number of nitrogens with zero attached hydrogens (tertiary/aromatic N) is 4. The van der Waals surface area contributed by atoms with Gasteiger partial charge < -0.3 is 9.47 Å². The molecular formula is C20H24N6O4. The van der Waals surface area contributed by atoms with Gasteiger partial charge in [-0.15, -0.1) is 0 Å². The third kappa shape index (κ3) is 4.48. The van der Waals surface area contributed by atoms with E-state index in [2.05, 4.69) is 25.9 Å². The Labute approximate surface area is 173 Å². The minimum atomic E-state index is -0.476. The Hall–Kier alpha value is -3.69. The van der Waals surface area contributed by atoms with Gasteiger partial charge in [0.2, 0.25) is 5.91 Å². The Morgan fingerprint density at radius 3 is 2.63 bits per heavy atom. The first kappa shape index (κ1) is 21.0. The number of hydrogen-bond donors (Lipinski definition) is 2. The lowest BCUT2D eigenvalue weighted by molar-refractivity contribution is -0.121. The van der Waals surface area contributed by atoms with Crippen LogP contribution in [-0.4, -0.2) is 44.6 Å². The first-order chi connectivity index (χ1) is 14.3. The van der Waals surface area contributed by atoms with Crippen LogP contribution in [0.2, 0.25) is 0 Å². The van der Waals surface area contributed by atoms with E-state index < -0.39 is 5.91 Å². The molecular weight excluding hydrogens is 388 g/mol. The maximum Gasteiger partial charge on any atom is 0.269 e. The lowest BCUT2D eigenvalue weighted by Crippen LogP contribution is -2.42. The number of benzene rings is 1. The number of amides is 2. The van der Waals surface area contributed by atoms with Crippen LogP contribution in [0.3, 0.4) is 0 Å². The largest absolute Gasteiger partial charge is 0.493 e. The van der Waals surface area contributed by atoms with Crippen molar-refractivity contribution in [1.29, 1.82) is 0 Å². The normalized spacial score (nSPS) is 10.9. The molecule has 10 nitrogen and oxygen atoms in total. The maximum atomic E-state index is 12.4. The van der Waals surface area contributed by atoms with Gasteiger partial charge in [0.05, 0.1) is 19.6 Å². The Kier molecular flexibility index (Phi) is 6.14. The number of hydrazine groups is 1. The van der Waals surface area contributed by atoms with Gasteiger partial charge in [-0.3, -0.25) is 20.4 Å². The summed E-state index contributed by atoms with van der Waals surface area (Å²) in [4.78, 5) is 33.2. The van der Waals surface area contributed by atoms with Gasteiger partial charge in [0.25, 0.3) is 11.7 Å². The summed E-state index contributed by atoms with van der Waals surface area (Å²) in [6.45, 7) is 7.44. The van der Waals surface area contributed by atoms with Crippen molar-refractivity contribution in [3.63, 3.8) is 0 Å². The number of nitrogens with one attached hydrogen (secondary N) is 2. The SMILES string of the molecule is COc1cc(C(=O)NNC(=O)Cc2c(C)nc3ncnn3c2C)ccc1OC(C)C. The van der Waals surface area contributed by atoms with Gasteiger partial charge in [0, 0.05) is 22.5 Å². The second-order valence-electron chi connectivity index (χ2n) is 6.94. The summed E-state index contributed by atoms with van der Waals surface area (Å²) in [7, 11) is 1.50. The van der Waals surface area contributed by atoms with Crippen LogP contribution < -0.4 is 20.3 Å². The van der Waals surface area contributed by atoms with E-state index in [1.807, 2.05) is 20.8 Å². The summed E-state index contributed by atoms with van der Waals surface area (Å²) >= 11 is 0. The summed E-state index contributed by atoms with van der Waals surface area (Å²) in [5, 5.41) is 4.10. The highest BCUT2D eigenvalue weighted by Gasteiger charge is 2.16. The van der Waals surface area contributed by atoms with Crippen LogP contribution in [-0.2, 0) is 11.2 Å². The zero-order chi connectivity index (χ0) is 21.8. The number of carbonyl (C=O) groups is 2. The molecule has 0 saturated heterocycles. The van der Waals surface area contributed by atoms with Crippen LogP contribution in [0.25, 0.3) is 5.78 Å². The zero-order valence-electron chi connectivity index (χ0n) is 17.5. The molecule has 0 atom stereocenters. The Morgan fingerprint density at radius 1 is 1.17 bits per heavy atom. The number of rotatable bonds is 6. The van der Waals surface area contributed by atoms with Crippen LogP contribution in [0, 0.1) is 13.8 Å². The highest BCUT2D eigenvalue weighted by molar-refractivity contribution is 5.96. The van der Waals surface area contributed by atoms with Crippen LogP contribution >= 0.6 is 0 Å². The molecule has 0 aliphatic rings. The van der Waals surface area contributed by atoms with Crippen molar-refractivity contribution in [3.05, 3.63) is 47.0 Å². The van der Waals surface area contributed by atoms with Crippen LogP contribution in [0.15, 0.2) is 24.5 Å². The van der Waals surface area contributed by atoms with E-state index in [1.54, 1.807) is 29.6 Å². The standard InChI is InChI=1S/C20H24N6O4/c1-11(2)30-16-7-6-14(8-17(16)29-5)19(28)25-24-18(27)9-15-12(3)23-20-21-10-22-26(20)13(15)4/h6-8,10-11H,9H2,1-5H3,(H,24,27)(H,25,28). The molecule has 2 amide bonds. The lowest BCUT2D eigenvalue weighted by Gasteiger charge is -2.15. The minimum Gasteiger partial charge on any atom is -0.493 e. The van der Waals surface area contributed by atoms with E-state index in [4.69, 9.17) is 9.47 Å². The third-order valence-corrected chi connectivity index (χ3v) is 4.43. The molecule has 0 unspecified atom stereocenters. The predicted molar refractivity (Wildman–Crippen MR) is 108 cm³/mol. The monoisotopic (exact) mass is 412 g/mol. The Balaban J connectivity index is 1.66. The molecule has 2 heterocycles. The first-order valence-corrected chi connectivity index (χ1v) is 9.39. The molecule has 0 bridgehead atoms. The first-order valence-electron chi connectivity index (χ1n) is 9.39. The molecule has 0 spiro atoms. The van der Waals surface area contributed by atoms with Crippen molar-refractivity contribution < 1.29 is 19.1 Å². The molecule has 158 valence electrons. The van der Waals surface area contributed by atoms with Gasteiger partial charge in [-0.2, -0.15) is 10.1 Å². The number of aryl methyl sites for hydroxylation is 2. The van der Waals surface area contributed by atoms with Crippen LogP contribution in [0.4, 0.5) is 0 Å². The highest BCUT2D eigenvalue weighted by atomic mass is 16.5. The predicted octanol–water partition coefficient (Wildman–Crippen LogP) is 1.54. The molecule has 3 aromatic rings. The Morgan fingerprint density at radius 2 is 1.93 bits per heavy atom. The maximum absolute atomic E-state index is 12.4. The number of hydrogen-bond acceptors (Lipinski definition) is 7. The summed E-state index contributed by atoms with van der Waals surface area (Å²) in [5.41, 5.74) is 7.32. The van der Waals surface area contributed by atoms with E-state index in [1.165, 1.54) is 13.4 Å². The molecule has 2 aromatic heterocycles. The molecule has 0 saturated carbocycles. The minimum absolute atomic E-state index is 0.0315. The number of ether oxygens (including phenoxy) is 2.